The van der Waals surface area contributed by atoms with Crippen LogP contribution in [0.5, 0.6) is 0 Å². The summed E-state index contributed by atoms with van der Waals surface area (Å²) in [5.74, 6) is -1.01. The molecule has 50 valence electrons. The lowest BCUT2D eigenvalue weighted by Crippen LogP contribution is -2.18. The second-order valence-electron chi connectivity index (χ2n) is 1.86. The molecule has 0 amide bonds. The summed E-state index contributed by atoms with van der Waals surface area (Å²) in [4.78, 5) is 17.6. The first kappa shape index (κ1) is 6.73. The van der Waals surface area contributed by atoms with Crippen molar-refractivity contribution in [2.24, 2.45) is 0 Å². The first-order chi connectivity index (χ1) is 4.72. The smallest absolute Gasteiger partial charge is 0.354 e. The van der Waals surface area contributed by atoms with Gasteiger partial charge in [0.2, 0.25) is 0 Å². The van der Waals surface area contributed by atoms with Crippen LogP contribution < -0.4 is 5.46 Å². The summed E-state index contributed by atoms with van der Waals surface area (Å²) >= 11 is 0. The number of aromatic nitrogens is 2. The number of hydrogen-bond acceptors (Lipinski definition) is 3. The highest BCUT2D eigenvalue weighted by atomic mass is 16.4. The number of hydrogen-bond donors (Lipinski definition) is 1. The van der Waals surface area contributed by atoms with Crippen LogP contribution in [0.15, 0.2) is 12.5 Å². The third kappa shape index (κ3) is 1.13. The van der Waals surface area contributed by atoms with Crippen LogP contribution in [0.3, 0.4) is 0 Å². The molecule has 1 aromatic heterocycles. The Morgan fingerprint density at radius 1 is 1.70 bits per heavy atom. The van der Waals surface area contributed by atoms with Gasteiger partial charge in [0, 0.05) is 6.20 Å². The summed E-state index contributed by atoms with van der Waals surface area (Å²) in [7, 11) is 1.66. The first-order valence-corrected chi connectivity index (χ1v) is 2.71. The molecule has 0 aliphatic rings. The van der Waals surface area contributed by atoms with Crippen LogP contribution in [-0.4, -0.2) is 28.9 Å². The van der Waals surface area contributed by atoms with E-state index in [-0.39, 0.29) is 5.69 Å². The predicted molar refractivity (Wildman–Crippen MR) is 37.2 cm³/mol. The van der Waals surface area contributed by atoms with Crippen LogP contribution in [0.4, 0.5) is 0 Å². The van der Waals surface area contributed by atoms with Crippen molar-refractivity contribution in [3.8, 4) is 0 Å². The van der Waals surface area contributed by atoms with Gasteiger partial charge >= 0.3 is 5.97 Å². The molecule has 0 saturated heterocycles. The van der Waals surface area contributed by atoms with Gasteiger partial charge in [-0.2, -0.15) is 0 Å². The van der Waals surface area contributed by atoms with E-state index in [1.807, 2.05) is 0 Å². The second-order valence-corrected chi connectivity index (χ2v) is 1.86. The summed E-state index contributed by atoms with van der Waals surface area (Å²) in [6.45, 7) is 0. The lowest BCUT2D eigenvalue weighted by molar-refractivity contribution is 0.0692. The van der Waals surface area contributed by atoms with Crippen LogP contribution in [0.25, 0.3) is 0 Å². The van der Waals surface area contributed by atoms with Gasteiger partial charge in [-0.15, -0.1) is 0 Å². The molecule has 0 aliphatic carbocycles. The maximum atomic E-state index is 10.3. The second kappa shape index (κ2) is 2.47. The van der Waals surface area contributed by atoms with E-state index in [0.29, 0.717) is 5.46 Å². The standard InChI is InChI=1S/C5H5BN2O2/c6-3-1-7-2-8-4(3)5(9)10/h1-2H,6H2,(H,9,10). The average molecular weight is 136 g/mol. The maximum absolute atomic E-state index is 10.3. The van der Waals surface area contributed by atoms with Crippen molar-refractivity contribution in [2.45, 2.75) is 0 Å². The van der Waals surface area contributed by atoms with Gasteiger partial charge in [0.25, 0.3) is 0 Å². The van der Waals surface area contributed by atoms with Gasteiger partial charge in [0.15, 0.2) is 0 Å². The number of carboxylic acid groups (broad SMARTS) is 1. The Morgan fingerprint density at radius 2 is 2.40 bits per heavy atom. The molecule has 0 aliphatic heterocycles. The summed E-state index contributed by atoms with van der Waals surface area (Å²) in [5, 5.41) is 8.48. The van der Waals surface area contributed by atoms with E-state index in [1.54, 1.807) is 7.85 Å². The zero-order chi connectivity index (χ0) is 7.56. The van der Waals surface area contributed by atoms with E-state index >= 15 is 0 Å². The minimum atomic E-state index is -1.01. The molecule has 4 nitrogen and oxygen atoms in total. The average Bonchev–Trinajstić information content (AvgIpc) is 1.88. The predicted octanol–water partition coefficient (Wildman–Crippen LogP) is -1.57. The Bertz CT molecular complexity index is 264. The molecule has 5 heteroatoms. The maximum Gasteiger partial charge on any atom is 0.354 e. The number of nitrogens with zero attached hydrogens (tertiary/aromatic N) is 2. The highest BCUT2D eigenvalue weighted by Gasteiger charge is 2.05. The van der Waals surface area contributed by atoms with Gasteiger partial charge in [-0.25, -0.2) is 14.8 Å². The molecule has 1 aromatic rings. The quantitative estimate of drug-likeness (QED) is 0.474. The summed E-state index contributed by atoms with van der Waals surface area (Å²) in [6, 6.07) is 0. The van der Waals surface area contributed by atoms with Crippen molar-refractivity contribution in [1.82, 2.24) is 9.97 Å². The van der Waals surface area contributed by atoms with E-state index in [0.717, 1.165) is 0 Å². The molecule has 0 saturated carbocycles. The van der Waals surface area contributed by atoms with Crippen LogP contribution >= 0.6 is 0 Å². The van der Waals surface area contributed by atoms with E-state index in [2.05, 4.69) is 9.97 Å². The SMILES string of the molecule is Bc1cncnc1C(=O)O. The third-order valence-corrected chi connectivity index (χ3v) is 1.10. The summed E-state index contributed by atoms with van der Waals surface area (Å²) < 4.78 is 0. The molecule has 0 aromatic carbocycles. The van der Waals surface area contributed by atoms with Gasteiger partial charge in [-0.3, -0.25) is 0 Å². The Hall–Kier alpha value is -1.39. The number of carbonyl (C=O) groups is 1. The number of aromatic carboxylic acids is 1. The zero-order valence-electron chi connectivity index (χ0n) is 5.40. The molecule has 1 N–H and O–H groups in total. The van der Waals surface area contributed by atoms with E-state index < -0.39 is 5.97 Å². The Morgan fingerprint density at radius 3 is 2.80 bits per heavy atom. The molecule has 0 spiro atoms. The molecule has 1 rings (SSSR count). The highest BCUT2D eigenvalue weighted by Crippen LogP contribution is 1.84. The lowest BCUT2D eigenvalue weighted by atomic mass is 9.96. The highest BCUT2D eigenvalue weighted by molar-refractivity contribution is 6.35. The molecule has 0 bridgehead atoms. The molecule has 0 radical (unpaired) electrons. The minimum Gasteiger partial charge on any atom is -0.477 e. The number of carboxylic acids is 1. The summed E-state index contributed by atoms with van der Waals surface area (Å²) in [5.41, 5.74) is 0.644. The number of rotatable bonds is 1. The van der Waals surface area contributed by atoms with Crippen LogP contribution in [-0.2, 0) is 0 Å². The van der Waals surface area contributed by atoms with E-state index in [1.165, 1.54) is 12.5 Å². The molecule has 0 atom stereocenters. The van der Waals surface area contributed by atoms with Crippen molar-refractivity contribution in [1.29, 1.82) is 0 Å². The first-order valence-electron chi connectivity index (χ1n) is 2.71. The van der Waals surface area contributed by atoms with Crippen molar-refractivity contribution in [2.75, 3.05) is 0 Å². The lowest BCUT2D eigenvalue weighted by Gasteiger charge is -1.94. The summed E-state index contributed by atoms with van der Waals surface area (Å²) in [6.07, 6.45) is 2.69. The van der Waals surface area contributed by atoms with Crippen LogP contribution in [0.2, 0.25) is 0 Å². The van der Waals surface area contributed by atoms with Crippen molar-refractivity contribution < 1.29 is 9.90 Å². The van der Waals surface area contributed by atoms with E-state index in [4.69, 9.17) is 5.11 Å². The monoisotopic (exact) mass is 136 g/mol. The van der Waals surface area contributed by atoms with Gasteiger partial charge in [0.05, 0.1) is 0 Å². The van der Waals surface area contributed by atoms with Crippen LogP contribution in [0.1, 0.15) is 10.5 Å². The van der Waals surface area contributed by atoms with Crippen molar-refractivity contribution >= 4 is 19.3 Å². The largest absolute Gasteiger partial charge is 0.477 e. The molecule has 1 heterocycles. The normalized spacial score (nSPS) is 9.20. The van der Waals surface area contributed by atoms with Crippen LogP contribution in [0, 0.1) is 0 Å². The fraction of sp³-hybridized carbons (Fsp3) is 0. The molecule has 10 heavy (non-hydrogen) atoms. The van der Waals surface area contributed by atoms with Gasteiger partial charge < -0.3 is 5.11 Å². The Kier molecular flexibility index (Phi) is 1.66. The zero-order valence-corrected chi connectivity index (χ0v) is 5.40. The topological polar surface area (TPSA) is 63.1 Å². The minimum absolute atomic E-state index is 0.0648. The van der Waals surface area contributed by atoms with Gasteiger partial charge in [-0.05, 0) is 5.46 Å². The molecular formula is C5H5BN2O2. The Balaban J connectivity index is 3.15. The molecular weight excluding hydrogens is 131 g/mol. The van der Waals surface area contributed by atoms with Crippen molar-refractivity contribution in [3.05, 3.63) is 18.2 Å². The van der Waals surface area contributed by atoms with Gasteiger partial charge in [-0.1, -0.05) is 0 Å². The fourth-order valence-electron chi connectivity index (χ4n) is 0.623. The molecule has 0 unspecified atom stereocenters. The molecule has 0 fully saturated rings. The van der Waals surface area contributed by atoms with E-state index in [9.17, 15) is 4.79 Å². The Labute approximate surface area is 58.3 Å². The third-order valence-electron chi connectivity index (χ3n) is 1.10. The van der Waals surface area contributed by atoms with Crippen molar-refractivity contribution in [3.63, 3.8) is 0 Å². The van der Waals surface area contributed by atoms with Gasteiger partial charge in [0.1, 0.15) is 19.9 Å². The fourth-order valence-corrected chi connectivity index (χ4v) is 0.623.